The van der Waals surface area contributed by atoms with Gasteiger partial charge >= 0.3 is 0 Å². The van der Waals surface area contributed by atoms with Crippen LogP contribution in [0.3, 0.4) is 0 Å². The molecule has 0 N–H and O–H groups in total. The van der Waals surface area contributed by atoms with Gasteiger partial charge in [0.25, 0.3) is 0 Å². The Morgan fingerprint density at radius 1 is 0.933 bits per heavy atom. The lowest BCUT2D eigenvalue weighted by Gasteiger charge is -2.40. The average Bonchev–Trinajstić information content (AvgIpc) is 3.48. The first-order chi connectivity index (χ1) is 14.8. The van der Waals surface area contributed by atoms with Crippen LogP contribution in [0.5, 0.6) is 0 Å². The Morgan fingerprint density at radius 3 is 2.40 bits per heavy atom. The second kappa shape index (κ2) is 8.47. The molecule has 2 fully saturated rings. The molecule has 3 aromatic rings. The molecule has 7 nitrogen and oxygen atoms in total. The van der Waals surface area contributed by atoms with Crippen LogP contribution in [-0.4, -0.2) is 56.3 Å². The van der Waals surface area contributed by atoms with E-state index in [9.17, 15) is 4.39 Å². The van der Waals surface area contributed by atoms with Gasteiger partial charge in [-0.1, -0.05) is 25.0 Å². The fraction of sp³-hybridized carbons (Fsp3) is 0.455. The predicted octanol–water partition coefficient (Wildman–Crippen LogP) is 3.23. The highest BCUT2D eigenvalue weighted by molar-refractivity contribution is 5.48. The molecule has 2 aromatic heterocycles. The number of tetrazole rings is 1. The topological polar surface area (TPSA) is 63.0 Å². The number of hydrogen-bond donors (Lipinski definition) is 0. The molecule has 1 atom stereocenters. The Bertz CT molecular complexity index is 962. The van der Waals surface area contributed by atoms with Crippen molar-refractivity contribution in [2.75, 3.05) is 31.1 Å². The SMILES string of the molecule is Fc1ccccc1N1CCN([C@H](c2ccncc2)c2nnnn2C2CCCC2)CC1. The summed E-state index contributed by atoms with van der Waals surface area (Å²) in [6.45, 7) is 3.12. The largest absolute Gasteiger partial charge is 0.367 e. The zero-order valence-electron chi connectivity index (χ0n) is 16.9. The van der Waals surface area contributed by atoms with Crippen molar-refractivity contribution in [2.45, 2.75) is 37.8 Å². The van der Waals surface area contributed by atoms with Gasteiger partial charge in [-0.2, -0.15) is 0 Å². The second-order valence-corrected chi connectivity index (χ2v) is 8.08. The van der Waals surface area contributed by atoms with Gasteiger partial charge in [-0.05, 0) is 53.1 Å². The van der Waals surface area contributed by atoms with E-state index >= 15 is 0 Å². The van der Waals surface area contributed by atoms with E-state index in [0.717, 1.165) is 50.4 Å². The van der Waals surface area contributed by atoms with E-state index in [1.54, 1.807) is 6.07 Å². The number of rotatable bonds is 5. The predicted molar refractivity (Wildman–Crippen MR) is 112 cm³/mol. The van der Waals surface area contributed by atoms with Crippen molar-refractivity contribution in [3.8, 4) is 0 Å². The molecule has 156 valence electrons. The standard InChI is InChI=1S/C22H26FN7/c23-19-7-3-4-8-20(19)28-13-15-29(16-14-28)21(17-9-11-24-12-10-17)22-25-26-27-30(22)18-5-1-2-6-18/h3-4,7-12,18,21H,1-2,5-6,13-16H2/t21-/m1/s1. The Morgan fingerprint density at radius 2 is 1.67 bits per heavy atom. The van der Waals surface area contributed by atoms with Crippen molar-refractivity contribution in [2.24, 2.45) is 0 Å². The highest BCUT2D eigenvalue weighted by Crippen LogP contribution is 2.34. The maximum atomic E-state index is 14.3. The van der Waals surface area contributed by atoms with Crippen LogP contribution in [0.2, 0.25) is 0 Å². The molecule has 3 heterocycles. The third kappa shape index (κ3) is 3.67. The van der Waals surface area contributed by atoms with Gasteiger partial charge in [0.2, 0.25) is 0 Å². The Hall–Kier alpha value is -2.87. The van der Waals surface area contributed by atoms with E-state index in [0.29, 0.717) is 11.7 Å². The monoisotopic (exact) mass is 407 g/mol. The van der Waals surface area contributed by atoms with Crippen molar-refractivity contribution in [1.82, 2.24) is 30.1 Å². The molecular weight excluding hydrogens is 381 g/mol. The van der Waals surface area contributed by atoms with Crippen LogP contribution in [0, 0.1) is 5.82 Å². The molecule has 1 aromatic carbocycles. The van der Waals surface area contributed by atoms with Gasteiger partial charge in [0.1, 0.15) is 5.82 Å². The molecule has 1 saturated carbocycles. The lowest BCUT2D eigenvalue weighted by molar-refractivity contribution is 0.197. The van der Waals surface area contributed by atoms with Gasteiger partial charge in [0.05, 0.1) is 17.8 Å². The zero-order valence-corrected chi connectivity index (χ0v) is 16.9. The smallest absolute Gasteiger partial charge is 0.173 e. The molecular formula is C22H26FN7. The number of nitrogens with zero attached hydrogens (tertiary/aromatic N) is 7. The van der Waals surface area contributed by atoms with Gasteiger partial charge in [-0.15, -0.1) is 5.10 Å². The van der Waals surface area contributed by atoms with Crippen LogP contribution in [0.4, 0.5) is 10.1 Å². The summed E-state index contributed by atoms with van der Waals surface area (Å²) in [5.41, 5.74) is 1.81. The summed E-state index contributed by atoms with van der Waals surface area (Å²) in [6, 6.07) is 11.4. The van der Waals surface area contributed by atoms with Crippen molar-refractivity contribution >= 4 is 5.69 Å². The summed E-state index contributed by atoms with van der Waals surface area (Å²) < 4.78 is 16.3. The molecule has 0 radical (unpaired) electrons. The van der Waals surface area contributed by atoms with Crippen molar-refractivity contribution in [3.05, 3.63) is 66.0 Å². The Kier molecular flexibility index (Phi) is 5.40. The Labute approximate surface area is 175 Å². The maximum Gasteiger partial charge on any atom is 0.173 e. The summed E-state index contributed by atoms with van der Waals surface area (Å²) in [7, 11) is 0. The average molecular weight is 407 g/mol. The van der Waals surface area contributed by atoms with E-state index in [2.05, 4.69) is 30.3 Å². The molecule has 0 spiro atoms. The minimum atomic E-state index is -0.165. The van der Waals surface area contributed by atoms with Crippen LogP contribution in [-0.2, 0) is 0 Å². The molecule has 2 aliphatic rings. The fourth-order valence-corrected chi connectivity index (χ4v) is 4.79. The van der Waals surface area contributed by atoms with Gasteiger partial charge in [0.15, 0.2) is 5.82 Å². The molecule has 8 heteroatoms. The van der Waals surface area contributed by atoms with E-state index in [4.69, 9.17) is 0 Å². The summed E-state index contributed by atoms with van der Waals surface area (Å²) >= 11 is 0. The lowest BCUT2D eigenvalue weighted by Crippen LogP contribution is -2.48. The number of benzene rings is 1. The lowest BCUT2D eigenvalue weighted by atomic mass is 10.0. The number of halogens is 1. The van der Waals surface area contributed by atoms with Crippen LogP contribution in [0.25, 0.3) is 0 Å². The van der Waals surface area contributed by atoms with Crippen LogP contribution >= 0.6 is 0 Å². The maximum absolute atomic E-state index is 14.3. The summed E-state index contributed by atoms with van der Waals surface area (Å²) in [4.78, 5) is 8.72. The van der Waals surface area contributed by atoms with Crippen molar-refractivity contribution < 1.29 is 4.39 Å². The van der Waals surface area contributed by atoms with Gasteiger partial charge < -0.3 is 4.90 Å². The van der Waals surface area contributed by atoms with E-state index < -0.39 is 0 Å². The van der Waals surface area contributed by atoms with Crippen molar-refractivity contribution in [3.63, 3.8) is 0 Å². The van der Waals surface area contributed by atoms with Gasteiger partial charge in [-0.25, -0.2) is 9.07 Å². The Balaban J connectivity index is 1.42. The first-order valence-electron chi connectivity index (χ1n) is 10.7. The van der Waals surface area contributed by atoms with Crippen molar-refractivity contribution in [1.29, 1.82) is 0 Å². The minimum Gasteiger partial charge on any atom is -0.367 e. The number of piperazine rings is 1. The molecule has 1 saturated heterocycles. The van der Waals surface area contributed by atoms with E-state index in [1.165, 1.54) is 18.9 Å². The third-order valence-electron chi connectivity index (χ3n) is 6.33. The molecule has 5 rings (SSSR count). The molecule has 1 aliphatic carbocycles. The number of anilines is 1. The van der Waals surface area contributed by atoms with Gasteiger partial charge in [0, 0.05) is 38.6 Å². The minimum absolute atomic E-state index is 0.0358. The quantitative estimate of drug-likeness (QED) is 0.647. The highest BCUT2D eigenvalue weighted by atomic mass is 19.1. The third-order valence-corrected chi connectivity index (χ3v) is 6.33. The van der Waals surface area contributed by atoms with E-state index in [-0.39, 0.29) is 11.9 Å². The van der Waals surface area contributed by atoms with E-state index in [1.807, 2.05) is 41.3 Å². The van der Waals surface area contributed by atoms with Crippen LogP contribution in [0.15, 0.2) is 48.8 Å². The van der Waals surface area contributed by atoms with Crippen LogP contribution in [0.1, 0.15) is 49.2 Å². The number of hydrogen-bond acceptors (Lipinski definition) is 6. The summed E-state index contributed by atoms with van der Waals surface area (Å²) in [6.07, 6.45) is 8.35. The second-order valence-electron chi connectivity index (χ2n) is 8.08. The summed E-state index contributed by atoms with van der Waals surface area (Å²) in [5.74, 6) is 0.731. The zero-order chi connectivity index (χ0) is 20.3. The number of aromatic nitrogens is 5. The van der Waals surface area contributed by atoms with Gasteiger partial charge in [-0.3, -0.25) is 9.88 Å². The normalized spacial score (nSPS) is 19.3. The number of pyridine rings is 1. The fourth-order valence-electron chi connectivity index (χ4n) is 4.79. The first kappa shape index (κ1) is 19.1. The molecule has 1 aliphatic heterocycles. The molecule has 0 amide bonds. The summed E-state index contributed by atoms with van der Waals surface area (Å²) in [5, 5.41) is 12.9. The highest BCUT2D eigenvalue weighted by Gasteiger charge is 2.33. The number of para-hydroxylation sites is 1. The molecule has 0 unspecified atom stereocenters. The first-order valence-corrected chi connectivity index (χ1v) is 10.7. The molecule has 30 heavy (non-hydrogen) atoms. The van der Waals surface area contributed by atoms with Crippen LogP contribution < -0.4 is 4.90 Å². The molecule has 0 bridgehead atoms.